The van der Waals surface area contributed by atoms with E-state index in [1.54, 1.807) is 6.07 Å². The molecule has 2 N–H and O–H groups in total. The second kappa shape index (κ2) is 3.91. The van der Waals surface area contributed by atoms with Crippen molar-refractivity contribution in [1.82, 2.24) is 0 Å². The van der Waals surface area contributed by atoms with Gasteiger partial charge in [-0.05, 0) is 30.5 Å². The van der Waals surface area contributed by atoms with Crippen LogP contribution in [0, 0.1) is 18.7 Å². The van der Waals surface area contributed by atoms with E-state index in [9.17, 15) is 4.39 Å². The molecule has 0 aliphatic heterocycles. The lowest BCUT2D eigenvalue weighted by Crippen LogP contribution is -2.16. The van der Waals surface area contributed by atoms with Crippen LogP contribution in [0.1, 0.15) is 31.2 Å². The first-order chi connectivity index (χ1) is 7.50. The Kier molecular flexibility index (Phi) is 2.72. The minimum atomic E-state index is -0.286. The van der Waals surface area contributed by atoms with Gasteiger partial charge in [0.2, 0.25) is 0 Å². The molecule has 0 fully saturated rings. The third kappa shape index (κ3) is 1.71. The van der Waals surface area contributed by atoms with Crippen LogP contribution in [0.5, 0.6) is 0 Å². The molecule has 0 aliphatic carbocycles. The summed E-state index contributed by atoms with van der Waals surface area (Å²) in [7, 11) is 0. The van der Waals surface area contributed by atoms with E-state index in [0.717, 1.165) is 16.7 Å². The SMILES string of the molecule is Cc1c(C(N)C(C)C)oc2cc(F)ccc12. The summed E-state index contributed by atoms with van der Waals surface area (Å²) in [6.07, 6.45) is 0. The maximum Gasteiger partial charge on any atom is 0.137 e. The van der Waals surface area contributed by atoms with E-state index >= 15 is 0 Å². The van der Waals surface area contributed by atoms with Gasteiger partial charge in [-0.1, -0.05) is 13.8 Å². The van der Waals surface area contributed by atoms with Crippen molar-refractivity contribution in [3.8, 4) is 0 Å². The average Bonchev–Trinajstić information content (AvgIpc) is 2.54. The molecule has 0 spiro atoms. The first kappa shape index (κ1) is 11.1. The van der Waals surface area contributed by atoms with Crippen molar-refractivity contribution in [1.29, 1.82) is 0 Å². The fourth-order valence-electron chi connectivity index (χ4n) is 1.84. The van der Waals surface area contributed by atoms with Gasteiger partial charge in [0.25, 0.3) is 0 Å². The van der Waals surface area contributed by atoms with E-state index in [-0.39, 0.29) is 11.9 Å². The quantitative estimate of drug-likeness (QED) is 0.842. The Morgan fingerprint density at radius 3 is 2.62 bits per heavy atom. The molecule has 86 valence electrons. The van der Waals surface area contributed by atoms with Crippen LogP contribution in [0.4, 0.5) is 4.39 Å². The number of hydrogen-bond donors (Lipinski definition) is 1. The van der Waals surface area contributed by atoms with Crippen molar-refractivity contribution in [3.63, 3.8) is 0 Å². The zero-order valence-corrected chi connectivity index (χ0v) is 9.75. The molecule has 1 aromatic carbocycles. The topological polar surface area (TPSA) is 39.2 Å². The third-order valence-corrected chi connectivity index (χ3v) is 2.96. The van der Waals surface area contributed by atoms with Gasteiger partial charge in [-0.25, -0.2) is 4.39 Å². The van der Waals surface area contributed by atoms with E-state index < -0.39 is 0 Å². The average molecular weight is 221 g/mol. The molecule has 2 nitrogen and oxygen atoms in total. The standard InChI is InChI=1S/C13H16FNO/c1-7(2)12(15)13-8(3)10-5-4-9(14)6-11(10)16-13/h4-7,12H,15H2,1-3H3. The summed E-state index contributed by atoms with van der Waals surface area (Å²) in [5.41, 5.74) is 7.64. The molecular formula is C13H16FNO. The maximum absolute atomic E-state index is 13.0. The predicted molar refractivity (Wildman–Crippen MR) is 62.7 cm³/mol. The van der Waals surface area contributed by atoms with Gasteiger partial charge >= 0.3 is 0 Å². The lowest BCUT2D eigenvalue weighted by atomic mass is 9.99. The minimum absolute atomic E-state index is 0.143. The lowest BCUT2D eigenvalue weighted by molar-refractivity contribution is 0.415. The van der Waals surface area contributed by atoms with Crippen LogP contribution in [0.15, 0.2) is 22.6 Å². The number of hydrogen-bond acceptors (Lipinski definition) is 2. The maximum atomic E-state index is 13.0. The highest BCUT2D eigenvalue weighted by Crippen LogP contribution is 2.31. The largest absolute Gasteiger partial charge is 0.459 e. The van der Waals surface area contributed by atoms with Crippen LogP contribution in [0.2, 0.25) is 0 Å². The van der Waals surface area contributed by atoms with Gasteiger partial charge in [0.15, 0.2) is 0 Å². The minimum Gasteiger partial charge on any atom is -0.459 e. The summed E-state index contributed by atoms with van der Waals surface area (Å²) in [5, 5.41) is 0.938. The van der Waals surface area contributed by atoms with Gasteiger partial charge in [0.05, 0.1) is 6.04 Å². The summed E-state index contributed by atoms with van der Waals surface area (Å²) < 4.78 is 18.7. The summed E-state index contributed by atoms with van der Waals surface area (Å²) in [4.78, 5) is 0. The number of benzene rings is 1. The molecule has 1 heterocycles. The van der Waals surface area contributed by atoms with Crippen LogP contribution in [0.25, 0.3) is 11.0 Å². The number of rotatable bonds is 2. The number of halogens is 1. The second-order valence-corrected chi connectivity index (χ2v) is 4.50. The van der Waals surface area contributed by atoms with E-state index in [0.29, 0.717) is 11.5 Å². The highest BCUT2D eigenvalue weighted by atomic mass is 19.1. The zero-order chi connectivity index (χ0) is 11.9. The molecule has 1 unspecified atom stereocenters. The molecule has 1 atom stereocenters. The normalized spacial score (nSPS) is 13.6. The predicted octanol–water partition coefficient (Wildman–Crippen LogP) is 3.54. The molecule has 0 bridgehead atoms. The first-order valence-electron chi connectivity index (χ1n) is 5.45. The van der Waals surface area contributed by atoms with Gasteiger partial charge in [0.1, 0.15) is 17.2 Å². The Labute approximate surface area is 94.2 Å². The van der Waals surface area contributed by atoms with Gasteiger partial charge < -0.3 is 10.2 Å². The summed E-state index contributed by atoms with van der Waals surface area (Å²) in [6, 6.07) is 4.43. The van der Waals surface area contributed by atoms with E-state index in [2.05, 4.69) is 0 Å². The lowest BCUT2D eigenvalue weighted by Gasteiger charge is -2.13. The molecule has 0 aliphatic rings. The number of fused-ring (bicyclic) bond motifs is 1. The Bertz CT molecular complexity index is 516. The molecule has 2 aromatic rings. The van der Waals surface area contributed by atoms with Crippen molar-refractivity contribution >= 4 is 11.0 Å². The Hall–Kier alpha value is -1.35. The van der Waals surface area contributed by atoms with Crippen LogP contribution in [-0.2, 0) is 0 Å². The fourth-order valence-corrected chi connectivity index (χ4v) is 1.84. The summed E-state index contributed by atoms with van der Waals surface area (Å²) in [5.74, 6) is 0.769. The highest BCUT2D eigenvalue weighted by Gasteiger charge is 2.19. The molecule has 1 aromatic heterocycles. The van der Waals surface area contributed by atoms with Crippen LogP contribution in [0.3, 0.4) is 0 Å². The highest BCUT2D eigenvalue weighted by molar-refractivity contribution is 5.82. The number of aryl methyl sites for hydroxylation is 1. The molecule has 2 rings (SSSR count). The van der Waals surface area contributed by atoms with E-state index in [1.165, 1.54) is 12.1 Å². The first-order valence-corrected chi connectivity index (χ1v) is 5.45. The Morgan fingerprint density at radius 2 is 2.00 bits per heavy atom. The second-order valence-electron chi connectivity index (χ2n) is 4.50. The molecule has 0 amide bonds. The third-order valence-electron chi connectivity index (χ3n) is 2.96. The van der Waals surface area contributed by atoms with Gasteiger partial charge in [0, 0.05) is 11.5 Å². The van der Waals surface area contributed by atoms with Crippen molar-refractivity contribution < 1.29 is 8.81 Å². The van der Waals surface area contributed by atoms with Crippen LogP contribution in [-0.4, -0.2) is 0 Å². The van der Waals surface area contributed by atoms with Crippen LogP contribution < -0.4 is 5.73 Å². The van der Waals surface area contributed by atoms with Crippen molar-refractivity contribution in [2.75, 3.05) is 0 Å². The molecule has 0 saturated heterocycles. The van der Waals surface area contributed by atoms with Crippen molar-refractivity contribution in [2.24, 2.45) is 11.7 Å². The Balaban J connectivity index is 2.60. The zero-order valence-electron chi connectivity index (χ0n) is 9.75. The Morgan fingerprint density at radius 1 is 1.31 bits per heavy atom. The summed E-state index contributed by atoms with van der Waals surface area (Å²) in [6.45, 7) is 6.04. The summed E-state index contributed by atoms with van der Waals surface area (Å²) >= 11 is 0. The molecule has 16 heavy (non-hydrogen) atoms. The van der Waals surface area contributed by atoms with Crippen LogP contribution >= 0.6 is 0 Å². The van der Waals surface area contributed by atoms with E-state index in [4.69, 9.17) is 10.2 Å². The molecule has 0 saturated carbocycles. The molecule has 0 radical (unpaired) electrons. The number of nitrogens with two attached hydrogens (primary N) is 1. The van der Waals surface area contributed by atoms with Gasteiger partial charge in [-0.3, -0.25) is 0 Å². The fraction of sp³-hybridized carbons (Fsp3) is 0.385. The van der Waals surface area contributed by atoms with Gasteiger partial charge in [-0.2, -0.15) is 0 Å². The number of furan rings is 1. The molecular weight excluding hydrogens is 205 g/mol. The van der Waals surface area contributed by atoms with Gasteiger partial charge in [-0.15, -0.1) is 0 Å². The van der Waals surface area contributed by atoms with Crippen molar-refractivity contribution in [2.45, 2.75) is 26.8 Å². The van der Waals surface area contributed by atoms with E-state index in [1.807, 2.05) is 20.8 Å². The molecule has 3 heteroatoms. The smallest absolute Gasteiger partial charge is 0.137 e. The van der Waals surface area contributed by atoms with Crippen molar-refractivity contribution in [3.05, 3.63) is 35.3 Å². The monoisotopic (exact) mass is 221 g/mol.